The first kappa shape index (κ1) is 22.8. The summed E-state index contributed by atoms with van der Waals surface area (Å²) in [4.78, 5) is 49.0. The number of rotatable bonds is 5. The summed E-state index contributed by atoms with van der Waals surface area (Å²) in [5, 5.41) is 24.7. The molecular weight excluding hydrogens is 414 g/mol. The van der Waals surface area contributed by atoms with Gasteiger partial charge in [-0.1, -0.05) is 32.9 Å². The molecule has 1 saturated heterocycles. The lowest BCUT2D eigenvalue weighted by Gasteiger charge is -2.29. The van der Waals surface area contributed by atoms with E-state index in [0.29, 0.717) is 22.5 Å². The second kappa shape index (κ2) is 8.70. The molecule has 0 atom stereocenters. The Bertz CT molecular complexity index is 1090. The number of benzene rings is 2. The van der Waals surface area contributed by atoms with Gasteiger partial charge in [0.1, 0.15) is 5.75 Å². The molecule has 9 heteroatoms. The lowest BCUT2D eigenvalue weighted by atomic mass is 9.84. The highest BCUT2D eigenvalue weighted by molar-refractivity contribution is 6.09. The van der Waals surface area contributed by atoms with Crippen LogP contribution in [-0.4, -0.2) is 40.6 Å². The minimum Gasteiger partial charge on any atom is -0.507 e. The number of anilines is 2. The number of phenolic OH excluding ortho intramolecular Hbond substituents is 1. The number of aromatic hydroxyl groups is 1. The number of nitrogens with zero attached hydrogens (tertiary/aromatic N) is 1. The lowest BCUT2D eigenvalue weighted by molar-refractivity contribution is -0.136. The van der Waals surface area contributed by atoms with E-state index >= 15 is 0 Å². The summed E-state index contributed by atoms with van der Waals surface area (Å²) in [5.41, 5.74) is 1.32. The molecule has 1 aliphatic heterocycles. The van der Waals surface area contributed by atoms with Crippen LogP contribution in [0.15, 0.2) is 36.4 Å². The molecule has 1 heterocycles. The fraction of sp³-hybridized carbons (Fsp3) is 0.304. The molecule has 1 aliphatic rings. The monoisotopic (exact) mass is 439 g/mol. The highest BCUT2D eigenvalue weighted by Gasteiger charge is 2.29. The largest absolute Gasteiger partial charge is 0.507 e. The molecular formula is C23H25N3O6. The summed E-state index contributed by atoms with van der Waals surface area (Å²) in [5.74, 6) is -2.11. The first-order valence-corrected chi connectivity index (χ1v) is 10.1. The van der Waals surface area contributed by atoms with Crippen molar-refractivity contribution in [2.24, 2.45) is 0 Å². The third-order valence-corrected chi connectivity index (χ3v) is 5.08. The Hall–Kier alpha value is -3.88. The van der Waals surface area contributed by atoms with Crippen molar-refractivity contribution in [1.29, 1.82) is 0 Å². The molecule has 4 N–H and O–H groups in total. The molecule has 2 aromatic carbocycles. The Morgan fingerprint density at radius 3 is 2.34 bits per heavy atom. The lowest BCUT2D eigenvalue weighted by Crippen LogP contribution is -2.49. The van der Waals surface area contributed by atoms with E-state index in [2.05, 4.69) is 10.6 Å². The van der Waals surface area contributed by atoms with Crippen LogP contribution in [0.2, 0.25) is 0 Å². The second-order valence-corrected chi connectivity index (χ2v) is 8.62. The summed E-state index contributed by atoms with van der Waals surface area (Å²) < 4.78 is 0. The van der Waals surface area contributed by atoms with E-state index in [0.717, 1.165) is 0 Å². The highest BCUT2D eigenvalue weighted by atomic mass is 16.4. The molecule has 3 rings (SSSR count). The number of hydrogen-bond acceptors (Lipinski definition) is 5. The number of aliphatic carboxylic acids is 1. The van der Waals surface area contributed by atoms with Crippen LogP contribution >= 0.6 is 0 Å². The van der Waals surface area contributed by atoms with Crippen LogP contribution in [0.1, 0.15) is 48.7 Å². The zero-order valence-electron chi connectivity index (χ0n) is 18.1. The SMILES string of the molecule is CC(C)(C)c1cc(N2CCC(=O)NC2=O)cc(C(=O)Nc2ccc(CC(=O)O)cc2)c1O. The van der Waals surface area contributed by atoms with Crippen molar-refractivity contribution in [2.45, 2.75) is 39.0 Å². The quantitative estimate of drug-likeness (QED) is 0.565. The number of carbonyl (C=O) groups is 4. The van der Waals surface area contributed by atoms with Gasteiger partial charge >= 0.3 is 12.0 Å². The summed E-state index contributed by atoms with van der Waals surface area (Å²) in [6, 6.07) is 8.80. The Balaban J connectivity index is 1.95. The number of carboxylic acids is 1. The molecule has 0 unspecified atom stereocenters. The molecule has 2 aromatic rings. The molecule has 168 valence electrons. The van der Waals surface area contributed by atoms with Gasteiger partial charge in [0.15, 0.2) is 0 Å². The maximum absolute atomic E-state index is 13.0. The van der Waals surface area contributed by atoms with E-state index in [9.17, 15) is 24.3 Å². The average Bonchev–Trinajstić information content (AvgIpc) is 2.68. The van der Waals surface area contributed by atoms with Gasteiger partial charge in [-0.3, -0.25) is 24.6 Å². The second-order valence-electron chi connectivity index (χ2n) is 8.62. The Labute approximate surface area is 185 Å². The third kappa shape index (κ3) is 5.05. The number of phenols is 1. The average molecular weight is 439 g/mol. The molecule has 9 nitrogen and oxygen atoms in total. The predicted molar refractivity (Wildman–Crippen MR) is 118 cm³/mol. The molecule has 0 aromatic heterocycles. The number of nitrogens with one attached hydrogen (secondary N) is 2. The number of imide groups is 1. The zero-order valence-corrected chi connectivity index (χ0v) is 18.1. The standard InChI is InChI=1S/C23H25N3O6/c1-23(2,3)17-12-15(26-9-8-18(27)25-22(26)32)11-16(20(17)30)21(31)24-14-6-4-13(5-7-14)10-19(28)29/h4-7,11-12,30H,8-10H2,1-3H3,(H,24,31)(H,28,29)(H,25,27,32). The van der Waals surface area contributed by atoms with Gasteiger partial charge in [0, 0.05) is 29.9 Å². The molecule has 1 fully saturated rings. The van der Waals surface area contributed by atoms with Crippen LogP contribution in [0, 0.1) is 0 Å². The molecule has 32 heavy (non-hydrogen) atoms. The van der Waals surface area contributed by atoms with Crippen molar-refractivity contribution >= 4 is 35.2 Å². The molecule has 4 amide bonds. The molecule has 0 bridgehead atoms. The van der Waals surface area contributed by atoms with Gasteiger partial charge in [-0.2, -0.15) is 0 Å². The highest BCUT2D eigenvalue weighted by Crippen LogP contribution is 2.37. The van der Waals surface area contributed by atoms with Crippen LogP contribution in [0.3, 0.4) is 0 Å². The Kier molecular flexibility index (Phi) is 6.20. The minimum absolute atomic E-state index is 0.0215. The number of urea groups is 1. The van der Waals surface area contributed by atoms with Gasteiger partial charge in [0.25, 0.3) is 5.91 Å². The molecule has 0 spiro atoms. The minimum atomic E-state index is -0.957. The van der Waals surface area contributed by atoms with Crippen molar-refractivity contribution in [1.82, 2.24) is 5.32 Å². The van der Waals surface area contributed by atoms with Crippen LogP contribution in [0.25, 0.3) is 0 Å². The van der Waals surface area contributed by atoms with Gasteiger partial charge in [-0.05, 0) is 35.2 Å². The van der Waals surface area contributed by atoms with Crippen molar-refractivity contribution in [3.8, 4) is 5.75 Å². The van der Waals surface area contributed by atoms with E-state index in [4.69, 9.17) is 5.11 Å². The van der Waals surface area contributed by atoms with E-state index in [1.54, 1.807) is 30.3 Å². The van der Waals surface area contributed by atoms with Crippen LogP contribution < -0.4 is 15.5 Å². The van der Waals surface area contributed by atoms with Crippen molar-refractivity contribution < 1.29 is 29.4 Å². The summed E-state index contributed by atoms with van der Waals surface area (Å²) >= 11 is 0. The zero-order chi connectivity index (χ0) is 23.6. The number of carbonyl (C=O) groups excluding carboxylic acids is 3. The first-order valence-electron chi connectivity index (χ1n) is 10.1. The van der Waals surface area contributed by atoms with Crippen molar-refractivity contribution in [2.75, 3.05) is 16.8 Å². The van der Waals surface area contributed by atoms with Gasteiger partial charge in [0.05, 0.1) is 12.0 Å². The summed E-state index contributed by atoms with van der Waals surface area (Å²) in [6.07, 6.45) is -0.00586. The fourth-order valence-electron chi connectivity index (χ4n) is 3.41. The third-order valence-electron chi connectivity index (χ3n) is 5.08. The Morgan fingerprint density at radius 2 is 1.78 bits per heavy atom. The van der Waals surface area contributed by atoms with Gasteiger partial charge in [0.2, 0.25) is 5.91 Å². The van der Waals surface area contributed by atoms with Crippen molar-refractivity contribution in [3.05, 3.63) is 53.1 Å². The van der Waals surface area contributed by atoms with Crippen LogP contribution in [0.4, 0.5) is 16.2 Å². The fourth-order valence-corrected chi connectivity index (χ4v) is 3.41. The summed E-state index contributed by atoms with van der Waals surface area (Å²) in [6.45, 7) is 5.77. The molecule has 0 saturated carbocycles. The first-order chi connectivity index (χ1) is 15.0. The smallest absolute Gasteiger partial charge is 0.328 e. The van der Waals surface area contributed by atoms with E-state index in [-0.39, 0.29) is 36.6 Å². The van der Waals surface area contributed by atoms with Gasteiger partial charge in [-0.15, -0.1) is 0 Å². The Morgan fingerprint density at radius 1 is 1.12 bits per heavy atom. The number of carboxylic acid groups (broad SMARTS) is 1. The summed E-state index contributed by atoms with van der Waals surface area (Å²) in [7, 11) is 0. The van der Waals surface area contributed by atoms with Gasteiger partial charge in [-0.25, -0.2) is 4.79 Å². The molecule has 0 radical (unpaired) electrons. The number of amides is 4. The number of hydrogen-bond donors (Lipinski definition) is 4. The maximum Gasteiger partial charge on any atom is 0.328 e. The van der Waals surface area contributed by atoms with E-state index in [1.807, 2.05) is 20.8 Å². The molecule has 0 aliphatic carbocycles. The van der Waals surface area contributed by atoms with E-state index < -0.39 is 23.3 Å². The maximum atomic E-state index is 13.0. The topological polar surface area (TPSA) is 136 Å². The van der Waals surface area contributed by atoms with Crippen molar-refractivity contribution in [3.63, 3.8) is 0 Å². The van der Waals surface area contributed by atoms with Crippen LogP contribution in [0.5, 0.6) is 5.75 Å². The predicted octanol–water partition coefficient (Wildman–Crippen LogP) is 3.02. The van der Waals surface area contributed by atoms with Crippen LogP contribution in [-0.2, 0) is 21.4 Å². The van der Waals surface area contributed by atoms with Gasteiger partial charge < -0.3 is 15.5 Å². The van der Waals surface area contributed by atoms with E-state index in [1.165, 1.54) is 11.0 Å². The normalized spacial score (nSPS) is 14.2.